The Morgan fingerprint density at radius 1 is 0.939 bits per heavy atom. The summed E-state index contributed by atoms with van der Waals surface area (Å²) in [6.07, 6.45) is 3.48. The molecule has 0 spiro atoms. The summed E-state index contributed by atoms with van der Waals surface area (Å²) in [5.41, 5.74) is 5.73. The molecule has 5 rings (SSSR count). The van der Waals surface area contributed by atoms with Gasteiger partial charge in [-0.1, -0.05) is 54.1 Å². The van der Waals surface area contributed by atoms with Gasteiger partial charge in [0.25, 0.3) is 0 Å². The van der Waals surface area contributed by atoms with Crippen LogP contribution < -0.4 is 16.0 Å². The monoisotopic (exact) mass is 455 g/mol. The summed E-state index contributed by atoms with van der Waals surface area (Å²) in [6, 6.07) is 23.7. The van der Waals surface area contributed by atoms with Gasteiger partial charge in [0, 0.05) is 17.1 Å². The smallest absolute Gasteiger partial charge is 0.229 e. The van der Waals surface area contributed by atoms with Gasteiger partial charge < -0.3 is 16.0 Å². The fourth-order valence-electron chi connectivity index (χ4n) is 3.84. The highest BCUT2D eigenvalue weighted by Crippen LogP contribution is 2.29. The van der Waals surface area contributed by atoms with E-state index in [0.717, 1.165) is 41.0 Å². The Morgan fingerprint density at radius 2 is 1.79 bits per heavy atom. The van der Waals surface area contributed by atoms with Crippen molar-refractivity contribution in [3.8, 4) is 0 Å². The van der Waals surface area contributed by atoms with Crippen LogP contribution in [0.25, 0.3) is 0 Å². The minimum absolute atomic E-state index is 0.0456. The number of fused-ring (bicyclic) bond motifs is 6. The standard InChI is InChI=1S/C26H22ClN5O/c27-22-16-28-26-30-20-8-4-7-18(13-20)9-10-19-15-21(29-25(22)32-26)11-12-23(19)31-24(33)14-17-5-2-1-3-6-17/h1-8,11-13,15-16H,9-10,14H2,(H,31,33)(H2,28,29,30,32). The predicted molar refractivity (Wildman–Crippen MR) is 133 cm³/mol. The zero-order valence-corrected chi connectivity index (χ0v) is 18.6. The number of halogens is 1. The van der Waals surface area contributed by atoms with Gasteiger partial charge in [-0.15, -0.1) is 0 Å². The van der Waals surface area contributed by atoms with Crippen molar-refractivity contribution in [3.05, 3.63) is 101 Å². The van der Waals surface area contributed by atoms with Crippen LogP contribution in [0.2, 0.25) is 5.02 Å². The zero-order valence-electron chi connectivity index (χ0n) is 17.8. The molecule has 3 aromatic carbocycles. The number of nitrogens with one attached hydrogen (secondary N) is 3. The molecular weight excluding hydrogens is 434 g/mol. The fraction of sp³-hybridized carbons (Fsp3) is 0.115. The zero-order chi connectivity index (χ0) is 22.6. The van der Waals surface area contributed by atoms with Crippen molar-refractivity contribution in [2.45, 2.75) is 19.3 Å². The van der Waals surface area contributed by atoms with Gasteiger partial charge >= 0.3 is 0 Å². The van der Waals surface area contributed by atoms with Gasteiger partial charge in [-0.3, -0.25) is 4.79 Å². The third kappa shape index (κ3) is 5.13. The Balaban J connectivity index is 1.47. The number of hydrogen-bond acceptors (Lipinski definition) is 5. The molecule has 0 unspecified atom stereocenters. The molecule has 1 aliphatic heterocycles. The van der Waals surface area contributed by atoms with E-state index in [0.29, 0.717) is 23.2 Å². The van der Waals surface area contributed by atoms with Crippen LogP contribution in [0.4, 0.5) is 28.8 Å². The van der Waals surface area contributed by atoms with E-state index in [1.165, 1.54) is 5.56 Å². The van der Waals surface area contributed by atoms with E-state index >= 15 is 0 Å². The molecule has 1 aliphatic rings. The Kier molecular flexibility index (Phi) is 5.91. The van der Waals surface area contributed by atoms with Crippen LogP contribution in [0.3, 0.4) is 0 Å². The lowest BCUT2D eigenvalue weighted by Crippen LogP contribution is -2.16. The molecule has 0 atom stereocenters. The maximum atomic E-state index is 12.7. The van der Waals surface area contributed by atoms with Crippen LogP contribution >= 0.6 is 11.6 Å². The maximum Gasteiger partial charge on any atom is 0.229 e. The number of amides is 1. The summed E-state index contributed by atoms with van der Waals surface area (Å²) in [5, 5.41) is 10.0. The Hall–Kier alpha value is -3.90. The van der Waals surface area contributed by atoms with Gasteiger partial charge in [0.05, 0.1) is 12.6 Å². The highest BCUT2D eigenvalue weighted by atomic mass is 35.5. The molecule has 0 saturated carbocycles. The number of nitrogens with zero attached hydrogens (tertiary/aromatic N) is 2. The van der Waals surface area contributed by atoms with E-state index in [9.17, 15) is 4.79 Å². The average molecular weight is 456 g/mol. The summed E-state index contributed by atoms with van der Waals surface area (Å²) in [5.74, 6) is 0.926. The van der Waals surface area contributed by atoms with E-state index in [1.807, 2.05) is 60.7 Å². The molecule has 0 radical (unpaired) electrons. The van der Waals surface area contributed by atoms with E-state index in [4.69, 9.17) is 11.6 Å². The van der Waals surface area contributed by atoms with Crippen molar-refractivity contribution in [2.75, 3.05) is 16.0 Å². The minimum atomic E-state index is -0.0456. The van der Waals surface area contributed by atoms with Crippen LogP contribution in [0, 0.1) is 0 Å². The van der Waals surface area contributed by atoms with Crippen LogP contribution in [0.1, 0.15) is 16.7 Å². The number of carbonyl (C=O) groups excluding carboxylic acids is 1. The molecule has 0 aliphatic carbocycles. The van der Waals surface area contributed by atoms with Crippen molar-refractivity contribution in [3.63, 3.8) is 0 Å². The lowest BCUT2D eigenvalue weighted by Gasteiger charge is -2.15. The number of hydrogen-bond donors (Lipinski definition) is 3. The first kappa shape index (κ1) is 21.0. The third-order valence-corrected chi connectivity index (χ3v) is 5.74. The summed E-state index contributed by atoms with van der Waals surface area (Å²) >= 11 is 6.34. The van der Waals surface area contributed by atoms with Gasteiger partial charge in [0.2, 0.25) is 11.9 Å². The quantitative estimate of drug-likeness (QED) is 0.358. The van der Waals surface area contributed by atoms with Crippen molar-refractivity contribution >= 4 is 46.3 Å². The average Bonchev–Trinajstić information content (AvgIpc) is 2.82. The first-order chi connectivity index (χ1) is 16.1. The molecule has 6 nitrogen and oxygen atoms in total. The Morgan fingerprint density at radius 3 is 2.67 bits per heavy atom. The Bertz CT molecular complexity index is 1310. The van der Waals surface area contributed by atoms with Gasteiger partial charge in [-0.25, -0.2) is 4.98 Å². The van der Waals surface area contributed by atoms with Crippen molar-refractivity contribution in [2.24, 2.45) is 0 Å². The molecule has 4 aromatic rings. The van der Waals surface area contributed by atoms with Gasteiger partial charge in [0.15, 0.2) is 5.82 Å². The molecule has 0 fully saturated rings. The summed E-state index contributed by atoms with van der Waals surface area (Å²) in [4.78, 5) is 21.5. The molecule has 1 amide bonds. The fourth-order valence-corrected chi connectivity index (χ4v) is 3.98. The number of benzene rings is 3. The van der Waals surface area contributed by atoms with E-state index in [2.05, 4.69) is 38.1 Å². The maximum absolute atomic E-state index is 12.7. The number of anilines is 5. The van der Waals surface area contributed by atoms with Crippen molar-refractivity contribution < 1.29 is 4.79 Å². The van der Waals surface area contributed by atoms with Gasteiger partial charge in [-0.2, -0.15) is 4.98 Å². The third-order valence-electron chi connectivity index (χ3n) is 5.46. The topological polar surface area (TPSA) is 78.9 Å². The summed E-state index contributed by atoms with van der Waals surface area (Å²) in [7, 11) is 0. The minimum Gasteiger partial charge on any atom is -0.339 e. The number of aryl methyl sites for hydroxylation is 2. The van der Waals surface area contributed by atoms with E-state index in [-0.39, 0.29) is 5.91 Å². The summed E-state index contributed by atoms with van der Waals surface area (Å²) < 4.78 is 0. The molecule has 0 saturated heterocycles. The van der Waals surface area contributed by atoms with Crippen LogP contribution in [0.15, 0.2) is 79.0 Å². The van der Waals surface area contributed by atoms with Crippen LogP contribution in [-0.4, -0.2) is 15.9 Å². The van der Waals surface area contributed by atoms with Crippen LogP contribution in [0.5, 0.6) is 0 Å². The Labute approximate surface area is 197 Å². The molecular formula is C26H22ClN5O. The van der Waals surface area contributed by atoms with Gasteiger partial charge in [-0.05, 0) is 59.9 Å². The largest absolute Gasteiger partial charge is 0.339 e. The molecule has 3 N–H and O–H groups in total. The first-order valence-corrected chi connectivity index (χ1v) is 11.1. The van der Waals surface area contributed by atoms with Crippen molar-refractivity contribution in [1.29, 1.82) is 0 Å². The number of aromatic nitrogens is 2. The van der Waals surface area contributed by atoms with Crippen molar-refractivity contribution in [1.82, 2.24) is 9.97 Å². The molecule has 164 valence electrons. The normalized spacial score (nSPS) is 12.3. The van der Waals surface area contributed by atoms with Crippen LogP contribution in [-0.2, 0) is 24.1 Å². The molecule has 33 heavy (non-hydrogen) atoms. The molecule has 2 heterocycles. The SMILES string of the molecule is O=C(Cc1ccccc1)Nc1ccc2cc1CCc1cccc(c1)Nc1ncc(Cl)c(n1)N2. The lowest BCUT2D eigenvalue weighted by molar-refractivity contribution is -0.115. The highest BCUT2D eigenvalue weighted by Gasteiger charge is 2.13. The second-order valence-corrected chi connectivity index (χ2v) is 8.33. The second-order valence-electron chi connectivity index (χ2n) is 7.92. The molecule has 6 bridgehead atoms. The van der Waals surface area contributed by atoms with Gasteiger partial charge in [0.1, 0.15) is 5.02 Å². The highest BCUT2D eigenvalue weighted by molar-refractivity contribution is 6.32. The molecule has 7 heteroatoms. The first-order valence-electron chi connectivity index (χ1n) is 10.7. The van der Waals surface area contributed by atoms with E-state index in [1.54, 1.807) is 6.20 Å². The lowest BCUT2D eigenvalue weighted by atomic mass is 10.0. The summed E-state index contributed by atoms with van der Waals surface area (Å²) in [6.45, 7) is 0. The predicted octanol–water partition coefficient (Wildman–Crippen LogP) is 5.90. The number of carbonyl (C=O) groups is 1. The van der Waals surface area contributed by atoms with E-state index < -0.39 is 0 Å². The number of rotatable bonds is 3. The molecule has 1 aromatic heterocycles. The second kappa shape index (κ2) is 9.30.